The van der Waals surface area contributed by atoms with E-state index in [0.29, 0.717) is 24.7 Å². The fourth-order valence-electron chi connectivity index (χ4n) is 3.45. The summed E-state index contributed by atoms with van der Waals surface area (Å²) in [5.74, 6) is 0.780. The van der Waals surface area contributed by atoms with E-state index in [1.54, 1.807) is 13.1 Å². The van der Waals surface area contributed by atoms with Gasteiger partial charge < -0.3 is 18.8 Å². The molecule has 0 radical (unpaired) electrons. The van der Waals surface area contributed by atoms with Gasteiger partial charge in [-0.3, -0.25) is 4.79 Å². The predicted octanol–water partition coefficient (Wildman–Crippen LogP) is 3.61. The number of nitrogens with zero attached hydrogens (tertiary/aromatic N) is 1. The maximum Gasteiger partial charge on any atom is 0.343 e. The Morgan fingerprint density at radius 1 is 1.07 bits per heavy atom. The predicted molar refractivity (Wildman–Crippen MR) is 103 cm³/mol. The number of benzene rings is 1. The van der Waals surface area contributed by atoms with E-state index in [9.17, 15) is 9.59 Å². The SMILES string of the molecule is CCOC(=O)c1cn2c(cc1=O)-c1cc(OCC)c(OCC)cc1CC2C. The Balaban J connectivity index is 2.16. The summed E-state index contributed by atoms with van der Waals surface area (Å²) in [6, 6.07) is 5.52. The summed E-state index contributed by atoms with van der Waals surface area (Å²) >= 11 is 0. The number of pyridine rings is 1. The summed E-state index contributed by atoms with van der Waals surface area (Å²) in [4.78, 5) is 24.6. The standard InChI is InChI=1S/C21H25NO5/c1-5-25-19-9-14-8-13(4)22-12-16(21(24)27-7-3)18(23)11-17(22)15(14)10-20(19)26-6-2/h9-13H,5-8H2,1-4H3. The zero-order valence-electron chi connectivity index (χ0n) is 16.2. The van der Waals surface area contributed by atoms with Crippen molar-refractivity contribution < 1.29 is 19.0 Å². The van der Waals surface area contributed by atoms with Gasteiger partial charge in [-0.15, -0.1) is 0 Å². The van der Waals surface area contributed by atoms with Crippen molar-refractivity contribution in [3.63, 3.8) is 0 Å². The number of hydrogen-bond acceptors (Lipinski definition) is 5. The van der Waals surface area contributed by atoms with Gasteiger partial charge in [0.1, 0.15) is 5.56 Å². The van der Waals surface area contributed by atoms with Crippen LogP contribution in [0.4, 0.5) is 0 Å². The highest BCUT2D eigenvalue weighted by Gasteiger charge is 2.26. The third-order valence-corrected chi connectivity index (χ3v) is 4.61. The average Bonchev–Trinajstić information content (AvgIpc) is 2.63. The number of carbonyl (C=O) groups excluding carboxylic acids is 1. The highest BCUT2D eigenvalue weighted by molar-refractivity contribution is 5.89. The van der Waals surface area contributed by atoms with E-state index < -0.39 is 5.97 Å². The van der Waals surface area contributed by atoms with Crippen LogP contribution in [0.5, 0.6) is 11.5 Å². The molecule has 27 heavy (non-hydrogen) atoms. The molecule has 6 heteroatoms. The third kappa shape index (κ3) is 3.56. The molecule has 0 bridgehead atoms. The number of esters is 1. The molecule has 1 aliphatic rings. The number of rotatable bonds is 6. The van der Waals surface area contributed by atoms with E-state index in [4.69, 9.17) is 14.2 Å². The summed E-state index contributed by atoms with van der Waals surface area (Å²) in [5.41, 5.74) is 2.51. The average molecular weight is 371 g/mol. The quantitative estimate of drug-likeness (QED) is 0.726. The second-order valence-electron chi connectivity index (χ2n) is 6.44. The lowest BCUT2D eigenvalue weighted by atomic mass is 9.92. The van der Waals surface area contributed by atoms with Crippen LogP contribution in [-0.4, -0.2) is 30.4 Å². The van der Waals surface area contributed by atoms with E-state index in [2.05, 4.69) is 6.92 Å². The molecule has 0 fully saturated rings. The van der Waals surface area contributed by atoms with Gasteiger partial charge in [0.05, 0.1) is 25.5 Å². The Hall–Kier alpha value is -2.76. The van der Waals surface area contributed by atoms with Gasteiger partial charge in [-0.05, 0) is 51.8 Å². The van der Waals surface area contributed by atoms with Crippen molar-refractivity contribution in [2.45, 2.75) is 40.2 Å². The number of fused-ring (bicyclic) bond motifs is 3. The minimum absolute atomic E-state index is 0.0619. The molecular formula is C21H25NO5. The van der Waals surface area contributed by atoms with E-state index in [1.165, 1.54) is 6.07 Å². The lowest BCUT2D eigenvalue weighted by Gasteiger charge is -2.29. The summed E-state index contributed by atoms with van der Waals surface area (Å²) in [7, 11) is 0. The van der Waals surface area contributed by atoms with Crippen molar-refractivity contribution in [2.75, 3.05) is 19.8 Å². The summed E-state index contributed by atoms with van der Waals surface area (Å²) in [6.07, 6.45) is 2.38. The fraction of sp³-hybridized carbons (Fsp3) is 0.429. The van der Waals surface area contributed by atoms with Gasteiger partial charge in [0.15, 0.2) is 16.9 Å². The van der Waals surface area contributed by atoms with Crippen molar-refractivity contribution in [2.24, 2.45) is 0 Å². The smallest absolute Gasteiger partial charge is 0.343 e. The van der Waals surface area contributed by atoms with Gasteiger partial charge in [0.25, 0.3) is 0 Å². The van der Waals surface area contributed by atoms with Crippen molar-refractivity contribution in [1.29, 1.82) is 0 Å². The maximum atomic E-state index is 12.5. The van der Waals surface area contributed by atoms with Crippen LogP contribution in [0.2, 0.25) is 0 Å². The third-order valence-electron chi connectivity index (χ3n) is 4.61. The lowest BCUT2D eigenvalue weighted by Crippen LogP contribution is -2.25. The number of carbonyl (C=O) groups is 1. The maximum absolute atomic E-state index is 12.5. The normalized spacial score (nSPS) is 14.9. The monoisotopic (exact) mass is 371 g/mol. The zero-order valence-corrected chi connectivity index (χ0v) is 16.2. The minimum atomic E-state index is -0.586. The molecular weight excluding hydrogens is 346 g/mol. The molecule has 0 amide bonds. The largest absolute Gasteiger partial charge is 0.490 e. The molecule has 1 unspecified atom stereocenters. The number of hydrogen-bond donors (Lipinski definition) is 0. The highest BCUT2D eigenvalue weighted by Crippen LogP contribution is 2.41. The molecule has 0 saturated heterocycles. The van der Waals surface area contributed by atoms with Crippen molar-refractivity contribution in [1.82, 2.24) is 4.57 Å². The molecule has 144 valence electrons. The molecule has 2 aromatic rings. The van der Waals surface area contributed by atoms with Gasteiger partial charge >= 0.3 is 5.97 Å². The van der Waals surface area contributed by atoms with E-state index in [1.807, 2.05) is 30.5 Å². The molecule has 0 spiro atoms. The van der Waals surface area contributed by atoms with Gasteiger partial charge in [-0.25, -0.2) is 4.79 Å². The zero-order chi connectivity index (χ0) is 19.6. The van der Waals surface area contributed by atoms with Crippen LogP contribution in [-0.2, 0) is 11.2 Å². The molecule has 6 nitrogen and oxygen atoms in total. The fourth-order valence-corrected chi connectivity index (χ4v) is 3.45. The van der Waals surface area contributed by atoms with Crippen LogP contribution in [0.15, 0.2) is 29.2 Å². The Morgan fingerprint density at radius 2 is 1.74 bits per heavy atom. The topological polar surface area (TPSA) is 66.8 Å². The minimum Gasteiger partial charge on any atom is -0.490 e. The molecule has 3 rings (SSSR count). The second kappa shape index (κ2) is 7.86. The molecule has 1 aliphatic heterocycles. The molecule has 1 aromatic carbocycles. The van der Waals surface area contributed by atoms with Crippen molar-refractivity contribution >= 4 is 5.97 Å². The van der Waals surface area contributed by atoms with E-state index >= 15 is 0 Å². The Bertz CT molecular complexity index is 916. The van der Waals surface area contributed by atoms with Gasteiger partial charge in [0, 0.05) is 23.9 Å². The van der Waals surface area contributed by atoms with Gasteiger partial charge in [-0.1, -0.05) is 0 Å². The Kier molecular flexibility index (Phi) is 5.54. The molecule has 1 atom stereocenters. The first kappa shape index (κ1) is 19.0. The lowest BCUT2D eigenvalue weighted by molar-refractivity contribution is 0.0523. The Morgan fingerprint density at radius 3 is 2.37 bits per heavy atom. The Labute approximate surface area is 158 Å². The van der Waals surface area contributed by atoms with Crippen LogP contribution in [0.3, 0.4) is 0 Å². The number of aromatic nitrogens is 1. The van der Waals surface area contributed by atoms with Crippen LogP contribution >= 0.6 is 0 Å². The van der Waals surface area contributed by atoms with Gasteiger partial charge in [-0.2, -0.15) is 0 Å². The first-order chi connectivity index (χ1) is 13.0. The number of ether oxygens (including phenoxy) is 3. The highest BCUT2D eigenvalue weighted by atomic mass is 16.5. The first-order valence-electron chi connectivity index (χ1n) is 9.36. The molecule has 0 N–H and O–H groups in total. The molecule has 2 heterocycles. The van der Waals surface area contributed by atoms with Crippen LogP contribution in [0, 0.1) is 0 Å². The summed E-state index contributed by atoms with van der Waals surface area (Å²) < 4.78 is 18.4. The summed E-state index contributed by atoms with van der Waals surface area (Å²) in [6.45, 7) is 8.93. The first-order valence-corrected chi connectivity index (χ1v) is 9.36. The van der Waals surface area contributed by atoms with Crippen LogP contribution < -0.4 is 14.9 Å². The van der Waals surface area contributed by atoms with E-state index in [0.717, 1.165) is 23.2 Å². The van der Waals surface area contributed by atoms with Gasteiger partial charge in [0.2, 0.25) is 0 Å². The summed E-state index contributed by atoms with van der Waals surface area (Å²) in [5, 5.41) is 0. The van der Waals surface area contributed by atoms with Crippen molar-refractivity contribution in [3.05, 3.63) is 45.7 Å². The van der Waals surface area contributed by atoms with E-state index in [-0.39, 0.29) is 23.6 Å². The van der Waals surface area contributed by atoms with Crippen LogP contribution in [0.1, 0.15) is 49.7 Å². The molecule has 0 aliphatic carbocycles. The molecule has 1 aromatic heterocycles. The van der Waals surface area contributed by atoms with Crippen molar-refractivity contribution in [3.8, 4) is 22.8 Å². The second-order valence-corrected chi connectivity index (χ2v) is 6.44. The van der Waals surface area contributed by atoms with Crippen LogP contribution in [0.25, 0.3) is 11.3 Å². The molecule has 0 saturated carbocycles.